The van der Waals surface area contributed by atoms with Crippen molar-refractivity contribution in [3.63, 3.8) is 0 Å². The molecule has 3 heterocycles. The third-order valence-electron chi connectivity index (χ3n) is 4.84. The summed E-state index contributed by atoms with van der Waals surface area (Å²) < 4.78 is 1.97. The van der Waals surface area contributed by atoms with E-state index in [4.69, 9.17) is 0 Å². The Labute approximate surface area is 153 Å². The Hall–Kier alpha value is -1.60. The number of hydrogen-bond acceptors (Lipinski definition) is 5. The molecule has 3 rings (SSSR count). The maximum absolute atomic E-state index is 12.5. The van der Waals surface area contributed by atoms with E-state index in [-0.39, 0.29) is 11.9 Å². The van der Waals surface area contributed by atoms with Crippen LogP contribution in [0.15, 0.2) is 24.4 Å². The highest BCUT2D eigenvalue weighted by atomic mass is 32.2. The van der Waals surface area contributed by atoms with E-state index < -0.39 is 0 Å². The summed E-state index contributed by atoms with van der Waals surface area (Å²) in [5.74, 6) is 2.59. The van der Waals surface area contributed by atoms with Gasteiger partial charge in [0.1, 0.15) is 0 Å². The molecule has 1 aliphatic heterocycles. The zero-order valence-electron chi connectivity index (χ0n) is 14.8. The van der Waals surface area contributed by atoms with Crippen molar-refractivity contribution in [1.82, 2.24) is 25.2 Å². The minimum Gasteiger partial charge on any atom is -0.346 e. The van der Waals surface area contributed by atoms with Crippen LogP contribution in [0.3, 0.4) is 0 Å². The average molecular weight is 362 g/mol. The monoisotopic (exact) mass is 361 g/mol. The van der Waals surface area contributed by atoms with Crippen LogP contribution in [0.5, 0.6) is 0 Å². The largest absolute Gasteiger partial charge is 0.346 e. The second-order valence-electron chi connectivity index (χ2n) is 6.62. The number of amides is 1. The molecule has 25 heavy (non-hydrogen) atoms. The maximum atomic E-state index is 12.5. The number of hydrogen-bond donors (Lipinski definition) is 2. The summed E-state index contributed by atoms with van der Waals surface area (Å²) in [5, 5.41) is 15.1. The van der Waals surface area contributed by atoms with Crippen LogP contribution in [-0.4, -0.2) is 45.6 Å². The molecule has 1 saturated heterocycles. The first-order valence-electron chi connectivity index (χ1n) is 9.06. The molecule has 0 saturated carbocycles. The maximum Gasteiger partial charge on any atom is 0.220 e. The minimum atomic E-state index is -0.0922. The van der Waals surface area contributed by atoms with Crippen molar-refractivity contribution in [2.24, 2.45) is 5.92 Å². The summed E-state index contributed by atoms with van der Waals surface area (Å²) in [5.41, 5.74) is 0.815. The highest BCUT2D eigenvalue weighted by molar-refractivity contribution is 7.98. The zero-order chi connectivity index (χ0) is 17.5. The Morgan fingerprint density at radius 1 is 1.40 bits per heavy atom. The van der Waals surface area contributed by atoms with Gasteiger partial charge in [0.15, 0.2) is 11.5 Å². The van der Waals surface area contributed by atoms with Crippen molar-refractivity contribution in [2.45, 2.75) is 38.1 Å². The van der Waals surface area contributed by atoms with Crippen LogP contribution in [0, 0.1) is 5.92 Å². The lowest BCUT2D eigenvalue weighted by molar-refractivity contribution is -0.122. The number of carbonyl (C=O) groups is 1. The first-order valence-corrected chi connectivity index (χ1v) is 10.5. The molecule has 2 aromatic rings. The number of pyridine rings is 1. The van der Waals surface area contributed by atoms with Gasteiger partial charge in [-0.05, 0) is 68.8 Å². The van der Waals surface area contributed by atoms with E-state index in [2.05, 4.69) is 27.1 Å². The lowest BCUT2D eigenvalue weighted by atomic mass is 9.93. The predicted octanol–water partition coefficient (Wildman–Crippen LogP) is 2.42. The van der Waals surface area contributed by atoms with E-state index in [1.165, 1.54) is 12.8 Å². The van der Waals surface area contributed by atoms with E-state index in [0.29, 0.717) is 12.3 Å². The van der Waals surface area contributed by atoms with Crippen molar-refractivity contribution < 1.29 is 4.79 Å². The Balaban J connectivity index is 1.63. The van der Waals surface area contributed by atoms with E-state index in [1.807, 2.05) is 28.8 Å². The highest BCUT2D eigenvalue weighted by Crippen LogP contribution is 2.20. The lowest BCUT2D eigenvalue weighted by Crippen LogP contribution is -2.32. The molecule has 1 atom stereocenters. The van der Waals surface area contributed by atoms with E-state index >= 15 is 0 Å². The number of thioether (sulfide) groups is 1. The lowest BCUT2D eigenvalue weighted by Gasteiger charge is -2.23. The Morgan fingerprint density at radius 2 is 2.24 bits per heavy atom. The van der Waals surface area contributed by atoms with Crippen molar-refractivity contribution in [3.05, 3.63) is 30.2 Å². The van der Waals surface area contributed by atoms with E-state index in [1.54, 1.807) is 11.8 Å². The third-order valence-corrected chi connectivity index (χ3v) is 5.48. The Kier molecular flexibility index (Phi) is 6.69. The summed E-state index contributed by atoms with van der Waals surface area (Å²) in [7, 11) is 0. The molecule has 6 nitrogen and oxygen atoms in total. The molecule has 2 N–H and O–H groups in total. The number of fused-ring (bicyclic) bond motifs is 1. The van der Waals surface area contributed by atoms with Gasteiger partial charge >= 0.3 is 0 Å². The van der Waals surface area contributed by atoms with Crippen molar-refractivity contribution in [1.29, 1.82) is 0 Å². The number of piperidine rings is 1. The van der Waals surface area contributed by atoms with Crippen molar-refractivity contribution >= 4 is 23.3 Å². The standard InChI is InChI=1S/C18H27N5OS/c1-25-13-9-15(18-22-21-16-4-2-3-12-23(16)18)20-17(24)6-5-14-7-10-19-11-8-14/h2-4,12,14-15,19H,5-11,13H2,1H3,(H,20,24). The topological polar surface area (TPSA) is 71.3 Å². The van der Waals surface area contributed by atoms with E-state index in [0.717, 1.165) is 43.2 Å². The molecule has 0 spiro atoms. The average Bonchev–Trinajstić information content (AvgIpc) is 3.08. The molecule has 136 valence electrons. The van der Waals surface area contributed by atoms with Crippen LogP contribution in [-0.2, 0) is 4.79 Å². The van der Waals surface area contributed by atoms with Gasteiger partial charge in [0.2, 0.25) is 5.91 Å². The molecule has 1 unspecified atom stereocenters. The molecule has 0 bridgehead atoms. The van der Waals surface area contributed by atoms with Gasteiger partial charge in [-0.15, -0.1) is 10.2 Å². The van der Waals surface area contributed by atoms with Gasteiger partial charge in [0.05, 0.1) is 6.04 Å². The molecule has 0 aliphatic carbocycles. The fraction of sp³-hybridized carbons (Fsp3) is 0.611. The Morgan fingerprint density at radius 3 is 3.04 bits per heavy atom. The van der Waals surface area contributed by atoms with Crippen LogP contribution in [0.1, 0.15) is 44.0 Å². The van der Waals surface area contributed by atoms with Crippen LogP contribution < -0.4 is 10.6 Å². The summed E-state index contributed by atoms with van der Waals surface area (Å²) in [6.07, 6.45) is 8.82. The number of nitrogens with one attached hydrogen (secondary N) is 2. The molecular weight excluding hydrogens is 334 g/mol. The SMILES string of the molecule is CSCCC(NC(=O)CCC1CCNCC1)c1nnc2ccccn12. The van der Waals surface area contributed by atoms with Crippen LogP contribution in [0.2, 0.25) is 0 Å². The van der Waals surface area contributed by atoms with Crippen molar-refractivity contribution in [3.8, 4) is 0 Å². The Bertz CT molecular complexity index is 683. The van der Waals surface area contributed by atoms with E-state index in [9.17, 15) is 4.79 Å². The van der Waals surface area contributed by atoms with Crippen LogP contribution in [0.4, 0.5) is 0 Å². The fourth-order valence-corrected chi connectivity index (χ4v) is 3.84. The van der Waals surface area contributed by atoms with Crippen LogP contribution in [0.25, 0.3) is 5.65 Å². The molecule has 0 radical (unpaired) electrons. The molecule has 1 fully saturated rings. The smallest absolute Gasteiger partial charge is 0.220 e. The highest BCUT2D eigenvalue weighted by Gasteiger charge is 2.21. The number of carbonyl (C=O) groups excluding carboxylic acids is 1. The van der Waals surface area contributed by atoms with Crippen LogP contribution >= 0.6 is 11.8 Å². The van der Waals surface area contributed by atoms with Gasteiger partial charge in [0, 0.05) is 12.6 Å². The predicted molar refractivity (Wildman–Crippen MR) is 102 cm³/mol. The quantitative estimate of drug-likeness (QED) is 0.756. The van der Waals surface area contributed by atoms with Gasteiger partial charge in [-0.2, -0.15) is 11.8 Å². The molecule has 7 heteroatoms. The second-order valence-corrected chi connectivity index (χ2v) is 7.61. The van der Waals surface area contributed by atoms with Crippen molar-refractivity contribution in [2.75, 3.05) is 25.1 Å². The summed E-state index contributed by atoms with van der Waals surface area (Å²) in [6.45, 7) is 2.16. The van der Waals surface area contributed by atoms with Gasteiger partial charge in [-0.1, -0.05) is 6.07 Å². The zero-order valence-corrected chi connectivity index (χ0v) is 15.6. The van der Waals surface area contributed by atoms with Gasteiger partial charge in [-0.25, -0.2) is 0 Å². The number of rotatable bonds is 8. The summed E-state index contributed by atoms with van der Waals surface area (Å²) in [4.78, 5) is 12.5. The molecule has 1 aliphatic rings. The van der Waals surface area contributed by atoms with Gasteiger partial charge in [-0.3, -0.25) is 9.20 Å². The first kappa shape index (κ1) is 18.2. The second kappa shape index (κ2) is 9.20. The molecule has 1 amide bonds. The molecular formula is C18H27N5OS. The van der Waals surface area contributed by atoms with Gasteiger partial charge < -0.3 is 10.6 Å². The molecule has 2 aromatic heterocycles. The summed E-state index contributed by atoms with van der Waals surface area (Å²) >= 11 is 1.78. The minimum absolute atomic E-state index is 0.0922. The summed E-state index contributed by atoms with van der Waals surface area (Å²) in [6, 6.07) is 5.75. The fourth-order valence-electron chi connectivity index (χ4n) is 3.37. The third kappa shape index (κ3) is 4.95. The number of nitrogens with zero attached hydrogens (tertiary/aromatic N) is 3. The first-order chi connectivity index (χ1) is 12.3. The van der Waals surface area contributed by atoms with Gasteiger partial charge in [0.25, 0.3) is 0 Å². The number of aromatic nitrogens is 3. The molecule has 0 aromatic carbocycles. The normalized spacial score (nSPS) is 16.8.